The number of aromatic nitrogens is 1. The van der Waals surface area contributed by atoms with Crippen LogP contribution < -0.4 is 0 Å². The van der Waals surface area contributed by atoms with Crippen LogP contribution in [-0.4, -0.2) is 15.4 Å². The highest BCUT2D eigenvalue weighted by molar-refractivity contribution is 6.67. The molecule has 0 radical (unpaired) electrons. The van der Waals surface area contributed by atoms with Crippen molar-refractivity contribution < 1.29 is 17.9 Å². The first-order chi connectivity index (χ1) is 8.12. The van der Waals surface area contributed by atoms with Gasteiger partial charge in [0.25, 0.3) is 0 Å². The van der Waals surface area contributed by atoms with Gasteiger partial charge >= 0.3 is 6.18 Å². The van der Waals surface area contributed by atoms with Crippen molar-refractivity contribution in [3.05, 3.63) is 29.6 Å². The van der Waals surface area contributed by atoms with Gasteiger partial charge in [-0.15, -0.1) is 0 Å². The van der Waals surface area contributed by atoms with Crippen molar-refractivity contribution in [3.8, 4) is 0 Å². The lowest BCUT2D eigenvalue weighted by Gasteiger charge is -2.18. The Balaban J connectivity index is 2.29. The summed E-state index contributed by atoms with van der Waals surface area (Å²) in [6.45, 7) is 0.190. The number of hydrogen-bond donors (Lipinski definition) is 0. The van der Waals surface area contributed by atoms with Gasteiger partial charge in [-0.2, -0.15) is 13.2 Å². The van der Waals surface area contributed by atoms with Crippen LogP contribution in [0, 0.1) is 0 Å². The van der Waals surface area contributed by atoms with Gasteiger partial charge in [-0.1, -0.05) is 40.9 Å². The molecule has 0 aliphatic carbocycles. The molecule has 1 saturated heterocycles. The van der Waals surface area contributed by atoms with E-state index in [-0.39, 0.29) is 18.7 Å². The van der Waals surface area contributed by atoms with Crippen LogP contribution in [0.4, 0.5) is 13.2 Å². The van der Waals surface area contributed by atoms with Crippen LogP contribution >= 0.6 is 34.8 Å². The molecular formula is C10H7Cl3F3NO. The average Bonchev–Trinajstić information content (AvgIpc) is 2.95. The quantitative estimate of drug-likeness (QED) is 0.606. The van der Waals surface area contributed by atoms with Gasteiger partial charge in [0.05, 0.1) is 12.3 Å². The van der Waals surface area contributed by atoms with E-state index >= 15 is 0 Å². The van der Waals surface area contributed by atoms with E-state index in [9.17, 15) is 13.2 Å². The minimum atomic E-state index is -4.51. The largest absolute Gasteiger partial charge is 0.433 e. The zero-order valence-electron chi connectivity index (χ0n) is 8.77. The van der Waals surface area contributed by atoms with Gasteiger partial charge in [-0.3, -0.25) is 0 Å². The van der Waals surface area contributed by atoms with Gasteiger partial charge in [-0.25, -0.2) is 4.98 Å². The molecular weight excluding hydrogens is 313 g/mol. The molecule has 2 nitrogen and oxygen atoms in total. The second-order valence-electron chi connectivity index (χ2n) is 3.98. The Morgan fingerprint density at radius 1 is 1.28 bits per heavy atom. The molecule has 100 valence electrons. The van der Waals surface area contributed by atoms with Gasteiger partial charge in [-0.05, 0) is 12.1 Å². The molecule has 0 spiro atoms. The molecule has 0 saturated carbocycles. The molecule has 1 unspecified atom stereocenters. The number of epoxide rings is 1. The van der Waals surface area contributed by atoms with Gasteiger partial charge in [0.1, 0.15) is 11.3 Å². The topological polar surface area (TPSA) is 25.4 Å². The Kier molecular flexibility index (Phi) is 3.47. The molecule has 8 heteroatoms. The van der Waals surface area contributed by atoms with E-state index in [1.165, 1.54) is 12.1 Å². The van der Waals surface area contributed by atoms with Crippen LogP contribution in [0.5, 0.6) is 0 Å². The van der Waals surface area contributed by atoms with Crippen LogP contribution in [-0.2, 0) is 16.5 Å². The lowest BCUT2D eigenvalue weighted by Crippen LogP contribution is -2.21. The molecule has 1 aromatic heterocycles. The fourth-order valence-electron chi connectivity index (χ4n) is 1.60. The van der Waals surface area contributed by atoms with Crippen LogP contribution in [0.15, 0.2) is 18.2 Å². The minimum Gasteiger partial charge on any atom is -0.363 e. The predicted octanol–water partition coefficient (Wildman–Crippen LogP) is 4.09. The number of nitrogens with zero attached hydrogens (tertiary/aromatic N) is 1. The zero-order valence-corrected chi connectivity index (χ0v) is 11.0. The second kappa shape index (κ2) is 4.40. The fourth-order valence-corrected chi connectivity index (χ4v) is 2.25. The fraction of sp³-hybridized carbons (Fsp3) is 0.500. The molecule has 2 rings (SSSR count). The van der Waals surface area contributed by atoms with Crippen molar-refractivity contribution >= 4 is 34.8 Å². The number of halogens is 6. The van der Waals surface area contributed by atoms with Gasteiger partial charge in [0.2, 0.25) is 0 Å². The lowest BCUT2D eigenvalue weighted by atomic mass is 10.0. The Morgan fingerprint density at radius 3 is 2.33 bits per heavy atom. The Labute approximate surface area is 116 Å². The summed E-state index contributed by atoms with van der Waals surface area (Å²) in [5, 5.41) is 0. The third-order valence-electron chi connectivity index (χ3n) is 2.49. The van der Waals surface area contributed by atoms with E-state index in [1.54, 1.807) is 0 Å². The first-order valence-corrected chi connectivity index (χ1v) is 6.01. The smallest absolute Gasteiger partial charge is 0.363 e. The predicted molar refractivity (Wildman–Crippen MR) is 61.8 cm³/mol. The molecule has 1 aliphatic heterocycles. The van der Waals surface area contributed by atoms with E-state index in [1.807, 2.05) is 0 Å². The van der Waals surface area contributed by atoms with Gasteiger partial charge in [0, 0.05) is 6.42 Å². The molecule has 1 atom stereocenters. The molecule has 0 amide bonds. The van der Waals surface area contributed by atoms with E-state index < -0.39 is 21.3 Å². The van der Waals surface area contributed by atoms with Gasteiger partial charge < -0.3 is 4.74 Å². The highest BCUT2D eigenvalue weighted by Crippen LogP contribution is 2.49. The second-order valence-corrected chi connectivity index (χ2v) is 6.50. The van der Waals surface area contributed by atoms with Crippen molar-refractivity contribution in [2.75, 3.05) is 6.61 Å². The maximum absolute atomic E-state index is 12.5. The Hall–Kier alpha value is -0.230. The molecule has 1 aromatic rings. The number of hydrogen-bond acceptors (Lipinski definition) is 2. The van der Waals surface area contributed by atoms with Crippen molar-refractivity contribution in [1.29, 1.82) is 0 Å². The number of pyridine rings is 1. The summed E-state index contributed by atoms with van der Waals surface area (Å²) < 4.78 is 41.1. The van der Waals surface area contributed by atoms with Crippen LogP contribution in [0.1, 0.15) is 17.8 Å². The number of ether oxygens (including phenoxy) is 1. The normalized spacial score (nSPS) is 24.1. The molecule has 0 N–H and O–H groups in total. The SMILES string of the molecule is FC(F)(F)c1cccc(C2(CC(Cl)(Cl)Cl)CO2)n1. The molecule has 18 heavy (non-hydrogen) atoms. The van der Waals surface area contributed by atoms with Crippen molar-refractivity contribution in [2.45, 2.75) is 22.0 Å². The van der Waals surface area contributed by atoms with E-state index in [2.05, 4.69) is 4.98 Å². The third-order valence-corrected chi connectivity index (χ3v) is 2.89. The van der Waals surface area contributed by atoms with Crippen LogP contribution in [0.2, 0.25) is 0 Å². The van der Waals surface area contributed by atoms with Gasteiger partial charge in [0.15, 0.2) is 3.79 Å². The molecule has 1 aliphatic rings. The summed E-state index contributed by atoms with van der Waals surface area (Å²) in [5.74, 6) is 0. The summed E-state index contributed by atoms with van der Waals surface area (Å²) in [7, 11) is 0. The molecule has 1 fully saturated rings. The number of alkyl halides is 6. The summed E-state index contributed by atoms with van der Waals surface area (Å²) in [4.78, 5) is 3.54. The Bertz CT molecular complexity index is 454. The highest BCUT2D eigenvalue weighted by atomic mass is 35.6. The van der Waals surface area contributed by atoms with Crippen molar-refractivity contribution in [2.24, 2.45) is 0 Å². The summed E-state index contributed by atoms with van der Waals surface area (Å²) in [6.07, 6.45) is -4.55. The summed E-state index contributed by atoms with van der Waals surface area (Å²) in [6, 6.07) is 3.57. The maximum atomic E-state index is 12.5. The first kappa shape index (κ1) is 14.2. The summed E-state index contributed by atoms with van der Waals surface area (Å²) in [5.41, 5.74) is -1.88. The third kappa shape index (κ3) is 3.20. The van der Waals surface area contributed by atoms with Crippen molar-refractivity contribution in [1.82, 2.24) is 4.98 Å². The number of rotatable bonds is 2. The molecule has 0 bridgehead atoms. The van der Waals surface area contributed by atoms with Crippen molar-refractivity contribution in [3.63, 3.8) is 0 Å². The lowest BCUT2D eigenvalue weighted by molar-refractivity contribution is -0.141. The van der Waals surface area contributed by atoms with E-state index in [0.717, 1.165) is 6.07 Å². The van der Waals surface area contributed by atoms with Crippen LogP contribution in [0.3, 0.4) is 0 Å². The summed E-state index contributed by atoms with van der Waals surface area (Å²) >= 11 is 16.9. The monoisotopic (exact) mass is 319 g/mol. The zero-order chi connectivity index (χ0) is 13.6. The highest BCUT2D eigenvalue weighted by Gasteiger charge is 2.53. The Morgan fingerprint density at radius 2 is 1.89 bits per heavy atom. The average molecular weight is 321 g/mol. The first-order valence-electron chi connectivity index (χ1n) is 4.88. The van der Waals surface area contributed by atoms with E-state index in [4.69, 9.17) is 39.5 Å². The standard InChI is InChI=1S/C10H7Cl3F3NO/c11-9(12,13)4-8(5-18-8)6-2-1-3-7(17-6)10(14,15)16/h1-3H,4-5H2. The van der Waals surface area contributed by atoms with E-state index in [0.29, 0.717) is 0 Å². The maximum Gasteiger partial charge on any atom is 0.433 e. The van der Waals surface area contributed by atoms with Crippen LogP contribution in [0.25, 0.3) is 0 Å². The molecule has 2 heterocycles. The minimum absolute atomic E-state index is 0.0427. The molecule has 0 aromatic carbocycles.